The maximum atomic E-state index is 14.7. The Kier molecular flexibility index (Phi) is 4.77. The van der Waals surface area contributed by atoms with Crippen molar-refractivity contribution in [1.82, 2.24) is 9.97 Å². The summed E-state index contributed by atoms with van der Waals surface area (Å²) in [7, 11) is 1.29. The van der Waals surface area contributed by atoms with Gasteiger partial charge in [0.25, 0.3) is 0 Å². The first-order valence-electron chi connectivity index (χ1n) is 9.02. The predicted octanol–water partition coefficient (Wildman–Crippen LogP) is 4.92. The number of aliphatic carboxylic acids is 1. The number of aromatic nitrogens is 2. The van der Waals surface area contributed by atoms with Crippen molar-refractivity contribution in [1.29, 1.82) is 0 Å². The number of hydrogen-bond acceptors (Lipinski definition) is 3. The second-order valence-electron chi connectivity index (χ2n) is 6.93. The van der Waals surface area contributed by atoms with Crippen molar-refractivity contribution in [2.45, 2.75) is 19.3 Å². The monoisotopic (exact) mass is 402 g/mol. The maximum Gasteiger partial charge on any atom is 0.306 e. The van der Waals surface area contributed by atoms with Crippen LogP contribution < -0.4 is 4.74 Å². The molecule has 2 N–H and O–H groups in total. The van der Waals surface area contributed by atoms with Gasteiger partial charge < -0.3 is 14.8 Å². The van der Waals surface area contributed by atoms with E-state index in [1.165, 1.54) is 7.11 Å². The molecule has 0 amide bonds. The molecule has 0 saturated carbocycles. The fourth-order valence-electron chi connectivity index (χ4n) is 3.69. The topological polar surface area (TPSA) is 75.2 Å². The van der Waals surface area contributed by atoms with Crippen LogP contribution in [0, 0.1) is 23.4 Å². The lowest BCUT2D eigenvalue weighted by molar-refractivity contribution is -0.141. The first kappa shape index (κ1) is 19.0. The molecule has 4 rings (SSSR count). The number of carboxylic acid groups (broad SMARTS) is 1. The Balaban J connectivity index is 1.84. The third-order valence-electron chi connectivity index (χ3n) is 5.23. The molecular weight excluding hydrogens is 385 g/mol. The highest BCUT2D eigenvalue weighted by molar-refractivity contribution is 5.97. The average Bonchev–Trinajstić information content (AvgIpc) is 3.14. The number of pyridine rings is 1. The summed E-state index contributed by atoms with van der Waals surface area (Å²) in [5.41, 5.74) is 2.09. The van der Waals surface area contributed by atoms with E-state index in [4.69, 9.17) is 9.84 Å². The molecule has 0 aliphatic heterocycles. The summed E-state index contributed by atoms with van der Waals surface area (Å²) >= 11 is 0. The highest BCUT2D eigenvalue weighted by Gasteiger charge is 2.24. The standard InChI is InChI=1S/C21H17F3N2O3/c1-29-18-8-15(23)14(22)6-12(18)19-13-7-17(26-20(13)25-9-16(19)24)10-2-4-11(5-3-10)21(27)28/h2,6-9,11H,3-5H2,1H3,(H,25,26)(H,27,28). The largest absolute Gasteiger partial charge is 0.496 e. The molecule has 8 heteroatoms. The summed E-state index contributed by atoms with van der Waals surface area (Å²) in [6.45, 7) is 0. The van der Waals surface area contributed by atoms with Crippen molar-refractivity contribution < 1.29 is 27.8 Å². The van der Waals surface area contributed by atoms with Gasteiger partial charge in [0, 0.05) is 28.3 Å². The van der Waals surface area contributed by atoms with Crippen molar-refractivity contribution >= 4 is 22.6 Å². The summed E-state index contributed by atoms with van der Waals surface area (Å²) in [6, 6.07) is 3.46. The highest BCUT2D eigenvalue weighted by atomic mass is 19.2. The molecule has 1 atom stereocenters. The number of fused-ring (bicyclic) bond motifs is 1. The summed E-state index contributed by atoms with van der Waals surface area (Å²) < 4.78 is 47.3. The summed E-state index contributed by atoms with van der Waals surface area (Å²) in [5, 5.41) is 9.53. The number of carboxylic acids is 1. The minimum absolute atomic E-state index is 0.000711. The number of nitrogens with zero attached hydrogens (tertiary/aromatic N) is 1. The number of allylic oxidation sites excluding steroid dienone is 2. The number of hydrogen-bond donors (Lipinski definition) is 2. The van der Waals surface area contributed by atoms with Gasteiger partial charge in [-0.25, -0.2) is 18.2 Å². The van der Waals surface area contributed by atoms with E-state index in [2.05, 4.69) is 9.97 Å². The van der Waals surface area contributed by atoms with Crippen molar-refractivity contribution in [3.8, 4) is 16.9 Å². The number of carbonyl (C=O) groups is 1. The van der Waals surface area contributed by atoms with E-state index in [0.29, 0.717) is 36.0 Å². The van der Waals surface area contributed by atoms with Crippen LogP contribution in [0.15, 0.2) is 30.5 Å². The van der Waals surface area contributed by atoms with Gasteiger partial charge in [-0.2, -0.15) is 0 Å². The zero-order valence-corrected chi connectivity index (χ0v) is 15.4. The van der Waals surface area contributed by atoms with Gasteiger partial charge in [0.15, 0.2) is 11.6 Å². The van der Waals surface area contributed by atoms with Crippen LogP contribution in [0.3, 0.4) is 0 Å². The molecule has 1 aliphatic rings. The number of H-pyrrole nitrogens is 1. The number of benzene rings is 1. The Bertz CT molecular complexity index is 1150. The Morgan fingerprint density at radius 2 is 1.97 bits per heavy atom. The van der Waals surface area contributed by atoms with E-state index >= 15 is 0 Å². The van der Waals surface area contributed by atoms with Gasteiger partial charge in [-0.1, -0.05) is 6.08 Å². The zero-order valence-electron chi connectivity index (χ0n) is 15.4. The zero-order chi connectivity index (χ0) is 20.7. The average molecular weight is 402 g/mol. The van der Waals surface area contributed by atoms with Gasteiger partial charge in [-0.3, -0.25) is 4.79 Å². The van der Waals surface area contributed by atoms with Crippen LogP contribution in [0.5, 0.6) is 5.75 Å². The van der Waals surface area contributed by atoms with Crippen molar-refractivity contribution in [3.63, 3.8) is 0 Å². The van der Waals surface area contributed by atoms with Gasteiger partial charge in [-0.15, -0.1) is 0 Å². The van der Waals surface area contributed by atoms with Crippen LogP contribution >= 0.6 is 0 Å². The molecule has 1 aromatic carbocycles. The molecule has 150 valence electrons. The van der Waals surface area contributed by atoms with Crippen LogP contribution in [0.1, 0.15) is 25.0 Å². The smallest absolute Gasteiger partial charge is 0.306 e. The first-order valence-corrected chi connectivity index (χ1v) is 9.02. The molecule has 1 aliphatic carbocycles. The SMILES string of the molecule is COc1cc(F)c(F)cc1-c1c(F)cnc2[nH]c(C3=CCC(C(=O)O)CC3)cc12. The van der Waals surface area contributed by atoms with E-state index in [9.17, 15) is 18.0 Å². The third kappa shape index (κ3) is 3.35. The molecular formula is C21H17F3N2O3. The minimum Gasteiger partial charge on any atom is -0.496 e. The molecule has 0 saturated heterocycles. The van der Waals surface area contributed by atoms with Crippen LogP contribution in [-0.4, -0.2) is 28.2 Å². The summed E-state index contributed by atoms with van der Waals surface area (Å²) in [6.07, 6.45) is 4.32. The van der Waals surface area contributed by atoms with Crippen LogP contribution in [0.25, 0.3) is 27.7 Å². The summed E-state index contributed by atoms with van der Waals surface area (Å²) in [5.74, 6) is -4.15. The van der Waals surface area contributed by atoms with Gasteiger partial charge in [0.05, 0.1) is 19.2 Å². The lowest BCUT2D eigenvalue weighted by Gasteiger charge is -2.17. The second kappa shape index (κ2) is 7.27. The third-order valence-corrected chi connectivity index (χ3v) is 5.23. The van der Waals surface area contributed by atoms with Gasteiger partial charge in [0.2, 0.25) is 0 Å². The quantitative estimate of drug-likeness (QED) is 0.649. The Morgan fingerprint density at radius 3 is 2.62 bits per heavy atom. The number of halogens is 3. The van der Waals surface area contributed by atoms with Crippen LogP contribution in [-0.2, 0) is 4.79 Å². The van der Waals surface area contributed by atoms with Gasteiger partial charge >= 0.3 is 5.97 Å². The maximum absolute atomic E-state index is 14.7. The van der Waals surface area contributed by atoms with E-state index in [1.54, 1.807) is 6.07 Å². The van der Waals surface area contributed by atoms with Crippen molar-refractivity contribution in [2.75, 3.05) is 7.11 Å². The van der Waals surface area contributed by atoms with E-state index < -0.39 is 29.3 Å². The normalized spacial score (nSPS) is 16.7. The minimum atomic E-state index is -1.12. The molecule has 3 aromatic rings. The number of aromatic amines is 1. The van der Waals surface area contributed by atoms with E-state index in [0.717, 1.165) is 23.9 Å². The number of methoxy groups -OCH3 is 1. The Morgan fingerprint density at radius 1 is 1.21 bits per heavy atom. The number of nitrogens with one attached hydrogen (secondary N) is 1. The molecule has 2 heterocycles. The van der Waals surface area contributed by atoms with Gasteiger partial charge in [-0.05, 0) is 37.0 Å². The molecule has 29 heavy (non-hydrogen) atoms. The molecule has 0 fully saturated rings. The fraction of sp³-hybridized carbons (Fsp3) is 0.238. The van der Waals surface area contributed by atoms with Gasteiger partial charge in [0.1, 0.15) is 17.2 Å². The fourth-order valence-corrected chi connectivity index (χ4v) is 3.69. The predicted molar refractivity (Wildman–Crippen MR) is 101 cm³/mol. The molecule has 5 nitrogen and oxygen atoms in total. The molecule has 1 unspecified atom stereocenters. The van der Waals surface area contributed by atoms with Crippen LogP contribution in [0.4, 0.5) is 13.2 Å². The number of ether oxygens (including phenoxy) is 1. The Hall–Kier alpha value is -3.29. The van der Waals surface area contributed by atoms with E-state index in [1.807, 2.05) is 6.08 Å². The lowest BCUT2D eigenvalue weighted by atomic mass is 9.88. The number of rotatable bonds is 4. The first-order chi connectivity index (χ1) is 13.9. The molecule has 0 radical (unpaired) electrons. The van der Waals surface area contributed by atoms with E-state index in [-0.39, 0.29) is 16.9 Å². The van der Waals surface area contributed by atoms with Crippen molar-refractivity contribution in [3.05, 3.63) is 53.6 Å². The molecule has 0 bridgehead atoms. The van der Waals surface area contributed by atoms with Crippen LogP contribution in [0.2, 0.25) is 0 Å². The van der Waals surface area contributed by atoms with Crippen molar-refractivity contribution in [2.24, 2.45) is 5.92 Å². The summed E-state index contributed by atoms with van der Waals surface area (Å²) in [4.78, 5) is 18.3. The second-order valence-corrected chi connectivity index (χ2v) is 6.93. The highest BCUT2D eigenvalue weighted by Crippen LogP contribution is 2.39. The molecule has 0 spiro atoms. The Labute approximate surface area is 163 Å². The molecule has 2 aromatic heterocycles. The lowest BCUT2D eigenvalue weighted by Crippen LogP contribution is -2.15.